The largest absolute Gasteiger partial charge is 0.496 e. The van der Waals surface area contributed by atoms with Crippen LogP contribution in [-0.2, 0) is 5.41 Å². The molecule has 0 saturated carbocycles. The van der Waals surface area contributed by atoms with Gasteiger partial charge in [-0.05, 0) is 23.1 Å². The lowest BCUT2D eigenvalue weighted by Crippen LogP contribution is -2.11. The van der Waals surface area contributed by atoms with Crippen molar-refractivity contribution in [3.05, 3.63) is 47.9 Å². The zero-order valence-corrected chi connectivity index (χ0v) is 14.1. The predicted molar refractivity (Wildman–Crippen MR) is 90.6 cm³/mol. The number of fused-ring (bicyclic) bond motifs is 1. The van der Waals surface area contributed by atoms with E-state index >= 15 is 0 Å². The molecule has 6 nitrogen and oxygen atoms in total. The number of rotatable bonds is 3. The minimum atomic E-state index is -1.02. The average molecular weight is 325 g/mol. The summed E-state index contributed by atoms with van der Waals surface area (Å²) in [6.07, 6.45) is 4.57. The Morgan fingerprint density at radius 2 is 2.00 bits per heavy atom. The predicted octanol–water partition coefficient (Wildman–Crippen LogP) is 3.40. The van der Waals surface area contributed by atoms with Crippen LogP contribution in [0.15, 0.2) is 36.8 Å². The number of aromatic nitrogens is 3. The lowest BCUT2D eigenvalue weighted by molar-refractivity contribution is 0.0696. The van der Waals surface area contributed by atoms with Crippen molar-refractivity contribution in [1.29, 1.82) is 0 Å². The molecule has 0 amide bonds. The third-order valence-corrected chi connectivity index (χ3v) is 3.90. The second-order valence-corrected chi connectivity index (χ2v) is 6.65. The molecule has 0 radical (unpaired) electrons. The van der Waals surface area contributed by atoms with Gasteiger partial charge in [0, 0.05) is 24.2 Å². The van der Waals surface area contributed by atoms with Gasteiger partial charge in [0.15, 0.2) is 0 Å². The Morgan fingerprint density at radius 3 is 2.62 bits per heavy atom. The van der Waals surface area contributed by atoms with Crippen molar-refractivity contribution in [1.82, 2.24) is 14.4 Å². The number of nitrogens with zero attached hydrogens (tertiary/aromatic N) is 3. The number of ether oxygens (including phenoxy) is 1. The highest BCUT2D eigenvalue weighted by molar-refractivity contribution is 5.87. The van der Waals surface area contributed by atoms with Gasteiger partial charge in [0.1, 0.15) is 5.75 Å². The maximum Gasteiger partial charge on any atom is 0.338 e. The molecule has 0 fully saturated rings. The second-order valence-electron chi connectivity index (χ2n) is 6.65. The van der Waals surface area contributed by atoms with Crippen molar-refractivity contribution in [2.75, 3.05) is 7.11 Å². The molecule has 1 aromatic carbocycles. The first-order chi connectivity index (χ1) is 11.3. The second kappa shape index (κ2) is 5.63. The van der Waals surface area contributed by atoms with E-state index in [-0.39, 0.29) is 11.0 Å². The number of carboxylic acid groups (broad SMARTS) is 1. The van der Waals surface area contributed by atoms with Crippen molar-refractivity contribution in [2.24, 2.45) is 0 Å². The van der Waals surface area contributed by atoms with Crippen LogP contribution in [0.25, 0.3) is 17.0 Å². The Kier molecular flexibility index (Phi) is 3.75. The van der Waals surface area contributed by atoms with E-state index in [1.54, 1.807) is 17.7 Å². The average Bonchev–Trinajstić information content (AvgIpc) is 2.96. The Hall–Kier alpha value is -2.89. The Morgan fingerprint density at radius 1 is 1.25 bits per heavy atom. The lowest BCUT2D eigenvalue weighted by Gasteiger charge is -2.20. The van der Waals surface area contributed by atoms with E-state index in [0.29, 0.717) is 17.2 Å². The number of imidazole rings is 1. The summed E-state index contributed by atoms with van der Waals surface area (Å²) >= 11 is 0. The molecule has 2 aromatic heterocycles. The van der Waals surface area contributed by atoms with Crippen molar-refractivity contribution in [2.45, 2.75) is 26.2 Å². The molecule has 0 aliphatic carbocycles. The molecule has 124 valence electrons. The topological polar surface area (TPSA) is 76.7 Å². The van der Waals surface area contributed by atoms with Gasteiger partial charge < -0.3 is 9.84 Å². The SMILES string of the molecule is COc1ccc(C(C)(C)C)cc1-c1cn2cc(C(=O)O)cnc2n1. The van der Waals surface area contributed by atoms with Crippen molar-refractivity contribution >= 4 is 11.7 Å². The van der Waals surface area contributed by atoms with Gasteiger partial charge in [-0.1, -0.05) is 26.8 Å². The summed E-state index contributed by atoms with van der Waals surface area (Å²) < 4.78 is 7.07. The first-order valence-corrected chi connectivity index (χ1v) is 7.56. The monoisotopic (exact) mass is 325 g/mol. The van der Waals surface area contributed by atoms with Crippen LogP contribution in [-0.4, -0.2) is 32.6 Å². The van der Waals surface area contributed by atoms with E-state index in [9.17, 15) is 4.79 Å². The minimum Gasteiger partial charge on any atom is -0.496 e. The highest BCUT2D eigenvalue weighted by Crippen LogP contribution is 2.34. The Labute approximate surface area is 139 Å². The molecule has 2 heterocycles. The summed E-state index contributed by atoms with van der Waals surface area (Å²) in [5, 5.41) is 9.08. The maximum atomic E-state index is 11.1. The standard InChI is InChI=1S/C18H19N3O3/c1-18(2,3)12-5-6-15(24-4)13(7-12)14-10-21-9-11(16(22)23)8-19-17(21)20-14/h5-10H,1-4H3,(H,22,23). The van der Waals surface area contributed by atoms with Crippen LogP contribution in [0.1, 0.15) is 36.7 Å². The van der Waals surface area contributed by atoms with Crippen molar-refractivity contribution in [3.63, 3.8) is 0 Å². The van der Waals surface area contributed by atoms with E-state index in [1.165, 1.54) is 12.4 Å². The van der Waals surface area contributed by atoms with Crippen LogP contribution in [0.5, 0.6) is 5.75 Å². The quantitative estimate of drug-likeness (QED) is 0.798. The van der Waals surface area contributed by atoms with Gasteiger partial charge in [-0.15, -0.1) is 0 Å². The number of methoxy groups -OCH3 is 1. The van der Waals surface area contributed by atoms with E-state index < -0.39 is 5.97 Å². The Balaban J connectivity index is 2.17. The molecular formula is C18H19N3O3. The molecule has 0 spiro atoms. The molecule has 1 N–H and O–H groups in total. The molecule has 0 saturated heterocycles. The number of carbonyl (C=O) groups is 1. The fourth-order valence-electron chi connectivity index (χ4n) is 2.50. The summed E-state index contributed by atoms with van der Waals surface area (Å²) in [5.74, 6) is 0.134. The van der Waals surface area contributed by atoms with Gasteiger partial charge in [-0.2, -0.15) is 0 Å². The zero-order chi connectivity index (χ0) is 17.5. The van der Waals surface area contributed by atoms with E-state index in [2.05, 4.69) is 36.8 Å². The Bertz CT molecular complexity index is 923. The van der Waals surface area contributed by atoms with Crippen molar-refractivity contribution < 1.29 is 14.6 Å². The number of aromatic carboxylic acids is 1. The fourth-order valence-corrected chi connectivity index (χ4v) is 2.50. The van der Waals surface area contributed by atoms with E-state index in [0.717, 1.165) is 11.1 Å². The number of carboxylic acids is 1. The molecule has 0 unspecified atom stereocenters. The van der Waals surface area contributed by atoms with Crippen LogP contribution < -0.4 is 4.74 Å². The van der Waals surface area contributed by atoms with Gasteiger partial charge in [0.05, 0.1) is 18.4 Å². The number of hydrogen-bond acceptors (Lipinski definition) is 4. The number of hydrogen-bond donors (Lipinski definition) is 1. The molecule has 3 aromatic rings. The van der Waals surface area contributed by atoms with E-state index in [4.69, 9.17) is 9.84 Å². The molecular weight excluding hydrogens is 306 g/mol. The fraction of sp³-hybridized carbons (Fsp3) is 0.278. The smallest absolute Gasteiger partial charge is 0.338 e. The van der Waals surface area contributed by atoms with Crippen LogP contribution in [0.2, 0.25) is 0 Å². The highest BCUT2D eigenvalue weighted by Gasteiger charge is 2.18. The summed E-state index contributed by atoms with van der Waals surface area (Å²) in [6, 6.07) is 6.02. The molecule has 3 rings (SSSR count). The third kappa shape index (κ3) is 2.82. The molecule has 0 atom stereocenters. The lowest BCUT2D eigenvalue weighted by atomic mass is 9.86. The van der Waals surface area contributed by atoms with Gasteiger partial charge in [0.2, 0.25) is 5.78 Å². The summed E-state index contributed by atoms with van der Waals surface area (Å²) in [4.78, 5) is 19.7. The van der Waals surface area contributed by atoms with Crippen LogP contribution in [0.3, 0.4) is 0 Å². The summed E-state index contributed by atoms with van der Waals surface area (Å²) in [5.41, 5.74) is 2.81. The van der Waals surface area contributed by atoms with Gasteiger partial charge in [-0.25, -0.2) is 14.8 Å². The maximum absolute atomic E-state index is 11.1. The van der Waals surface area contributed by atoms with Crippen LogP contribution in [0.4, 0.5) is 0 Å². The van der Waals surface area contributed by atoms with Gasteiger partial charge in [-0.3, -0.25) is 4.40 Å². The summed E-state index contributed by atoms with van der Waals surface area (Å²) in [6.45, 7) is 6.43. The molecule has 6 heteroatoms. The molecule has 0 bridgehead atoms. The zero-order valence-electron chi connectivity index (χ0n) is 14.1. The number of benzene rings is 1. The third-order valence-electron chi connectivity index (χ3n) is 3.90. The molecule has 0 aliphatic heterocycles. The summed E-state index contributed by atoms with van der Waals surface area (Å²) in [7, 11) is 1.62. The van der Waals surface area contributed by atoms with Gasteiger partial charge in [0.25, 0.3) is 0 Å². The molecule has 0 aliphatic rings. The normalized spacial score (nSPS) is 11.7. The van der Waals surface area contributed by atoms with Crippen LogP contribution >= 0.6 is 0 Å². The highest BCUT2D eigenvalue weighted by atomic mass is 16.5. The van der Waals surface area contributed by atoms with E-state index in [1.807, 2.05) is 12.1 Å². The van der Waals surface area contributed by atoms with Crippen LogP contribution in [0, 0.1) is 0 Å². The minimum absolute atomic E-state index is 0.00505. The molecule has 24 heavy (non-hydrogen) atoms. The first-order valence-electron chi connectivity index (χ1n) is 7.56. The first kappa shape index (κ1) is 16.0. The van der Waals surface area contributed by atoms with Gasteiger partial charge >= 0.3 is 5.97 Å². The van der Waals surface area contributed by atoms with Crippen molar-refractivity contribution in [3.8, 4) is 17.0 Å².